The molecule has 0 saturated carbocycles. The number of aromatic amines is 1. The zero-order chi connectivity index (χ0) is 21.2. The van der Waals surface area contributed by atoms with Crippen LogP contribution in [0.2, 0.25) is 0 Å². The van der Waals surface area contributed by atoms with Crippen molar-refractivity contribution in [2.75, 3.05) is 6.54 Å². The molecule has 6 heteroatoms. The third-order valence-electron chi connectivity index (χ3n) is 4.35. The van der Waals surface area contributed by atoms with Gasteiger partial charge in [-0.3, -0.25) is 4.99 Å². The summed E-state index contributed by atoms with van der Waals surface area (Å²) in [5.41, 5.74) is 4.90. The molecule has 0 spiro atoms. The van der Waals surface area contributed by atoms with Crippen LogP contribution in [0.4, 0.5) is 14.9 Å². The molecule has 3 rings (SSSR count). The van der Waals surface area contributed by atoms with E-state index in [1.54, 1.807) is 6.07 Å². The number of carbonyl (C=O) groups is 1. The maximum absolute atomic E-state index is 13.4. The monoisotopic (exact) mass is 395 g/mol. The van der Waals surface area contributed by atoms with Gasteiger partial charge in [0.1, 0.15) is 11.4 Å². The molecule has 0 bridgehead atoms. The molecule has 0 unspecified atom stereocenters. The van der Waals surface area contributed by atoms with Crippen molar-refractivity contribution >= 4 is 28.4 Å². The summed E-state index contributed by atoms with van der Waals surface area (Å²) in [6.07, 6.45) is 1.42. The van der Waals surface area contributed by atoms with Crippen molar-refractivity contribution in [2.24, 2.45) is 4.99 Å². The minimum Gasteiger partial charge on any atom is -0.444 e. The van der Waals surface area contributed by atoms with Gasteiger partial charge in [-0.1, -0.05) is 6.07 Å². The van der Waals surface area contributed by atoms with Crippen LogP contribution in [0, 0.1) is 12.7 Å². The number of hydrogen-bond acceptors (Lipinski definition) is 3. The summed E-state index contributed by atoms with van der Waals surface area (Å²) >= 11 is 0. The van der Waals surface area contributed by atoms with E-state index in [0.717, 1.165) is 39.0 Å². The Morgan fingerprint density at radius 1 is 1.21 bits per heavy atom. The van der Waals surface area contributed by atoms with E-state index in [2.05, 4.69) is 21.4 Å². The maximum atomic E-state index is 13.4. The second-order valence-electron chi connectivity index (χ2n) is 8.10. The second-order valence-corrected chi connectivity index (χ2v) is 8.10. The first-order chi connectivity index (χ1) is 13.6. The molecule has 152 valence electrons. The number of carbonyl (C=O) groups excluding carboxylic acids is 1. The summed E-state index contributed by atoms with van der Waals surface area (Å²) in [5, 5.41) is 3.68. The first-order valence-corrected chi connectivity index (χ1v) is 9.51. The van der Waals surface area contributed by atoms with Gasteiger partial charge in [-0.05, 0) is 76.1 Å². The minimum atomic E-state index is -0.532. The van der Waals surface area contributed by atoms with Gasteiger partial charge in [0.05, 0.1) is 12.2 Å². The van der Waals surface area contributed by atoms with Gasteiger partial charge in [0, 0.05) is 28.4 Å². The van der Waals surface area contributed by atoms with Crippen LogP contribution in [0.15, 0.2) is 47.6 Å². The quantitative estimate of drug-likeness (QED) is 0.540. The summed E-state index contributed by atoms with van der Waals surface area (Å²) in [5.74, 6) is -0.262. The minimum absolute atomic E-state index is 0.262. The fourth-order valence-corrected chi connectivity index (χ4v) is 3.05. The molecular formula is C23H26FN3O2. The average molecular weight is 395 g/mol. The number of H-pyrrole nitrogens is 1. The number of rotatable bonds is 4. The second kappa shape index (κ2) is 8.07. The van der Waals surface area contributed by atoms with Crippen LogP contribution >= 0.6 is 0 Å². The van der Waals surface area contributed by atoms with Gasteiger partial charge < -0.3 is 15.0 Å². The molecule has 2 N–H and O–H groups in total. The lowest BCUT2D eigenvalue weighted by Crippen LogP contribution is -2.34. The summed E-state index contributed by atoms with van der Waals surface area (Å²) in [6, 6.07) is 10.7. The number of fused-ring (bicyclic) bond motifs is 1. The van der Waals surface area contributed by atoms with E-state index >= 15 is 0 Å². The molecule has 0 radical (unpaired) electrons. The Labute approximate surface area is 170 Å². The number of halogens is 1. The number of nitrogens with zero attached hydrogens (tertiary/aromatic N) is 1. The maximum Gasteiger partial charge on any atom is 0.407 e. The molecule has 0 aliphatic carbocycles. The standard InChI is InChI=1S/C23H26FN3O2/c1-14-10-16(19-13-25-21-11-17(24)7-8-18(19)21)6-9-20(14)27-15(2)12-26-22(28)29-23(3,4)5/h6-11,13,25H,12H2,1-5H3,(H,26,28). The number of benzene rings is 2. The lowest BCUT2D eigenvalue weighted by atomic mass is 10.0. The number of nitrogens with one attached hydrogen (secondary N) is 2. The molecule has 1 amide bonds. The Hall–Kier alpha value is -3.15. The van der Waals surface area contributed by atoms with Crippen LogP contribution in [-0.4, -0.2) is 28.9 Å². The molecule has 1 heterocycles. The number of amides is 1. The highest BCUT2D eigenvalue weighted by Gasteiger charge is 2.15. The van der Waals surface area contributed by atoms with Crippen molar-refractivity contribution in [3.8, 4) is 11.1 Å². The van der Waals surface area contributed by atoms with Crippen molar-refractivity contribution in [3.63, 3.8) is 0 Å². The molecule has 0 saturated heterocycles. The zero-order valence-electron chi connectivity index (χ0n) is 17.4. The fourth-order valence-electron chi connectivity index (χ4n) is 3.05. The summed E-state index contributed by atoms with van der Waals surface area (Å²) in [4.78, 5) is 19.5. The number of alkyl carbamates (subject to hydrolysis) is 1. The largest absolute Gasteiger partial charge is 0.444 e. The van der Waals surface area contributed by atoms with E-state index in [4.69, 9.17) is 4.74 Å². The third-order valence-corrected chi connectivity index (χ3v) is 4.35. The highest BCUT2D eigenvalue weighted by molar-refractivity contribution is 5.96. The van der Waals surface area contributed by atoms with Gasteiger partial charge in [0.15, 0.2) is 0 Å². The van der Waals surface area contributed by atoms with Crippen LogP contribution in [0.3, 0.4) is 0 Å². The molecule has 29 heavy (non-hydrogen) atoms. The normalized spacial score (nSPS) is 12.3. The van der Waals surface area contributed by atoms with E-state index in [0.29, 0.717) is 6.54 Å². The topological polar surface area (TPSA) is 66.5 Å². The van der Waals surface area contributed by atoms with Crippen molar-refractivity contribution in [1.82, 2.24) is 10.3 Å². The Bertz CT molecular complexity index is 1080. The molecular weight excluding hydrogens is 369 g/mol. The van der Waals surface area contributed by atoms with Crippen LogP contribution in [0.1, 0.15) is 33.3 Å². The van der Waals surface area contributed by atoms with Gasteiger partial charge in [-0.2, -0.15) is 0 Å². The summed E-state index contributed by atoms with van der Waals surface area (Å²) in [6.45, 7) is 9.63. The van der Waals surface area contributed by atoms with E-state index < -0.39 is 11.7 Å². The molecule has 1 aromatic heterocycles. The van der Waals surface area contributed by atoms with E-state index in [1.165, 1.54) is 12.1 Å². The molecule has 5 nitrogen and oxygen atoms in total. The van der Waals surface area contributed by atoms with Gasteiger partial charge in [-0.15, -0.1) is 0 Å². The Morgan fingerprint density at radius 3 is 2.66 bits per heavy atom. The lowest BCUT2D eigenvalue weighted by Gasteiger charge is -2.19. The average Bonchev–Trinajstić information content (AvgIpc) is 3.03. The fraction of sp³-hybridized carbons (Fsp3) is 0.304. The SMILES string of the molecule is CC(CNC(=O)OC(C)(C)C)=Nc1ccc(-c2c[nH]c3cc(F)ccc23)cc1C. The Morgan fingerprint density at radius 2 is 1.97 bits per heavy atom. The van der Waals surface area contributed by atoms with Crippen LogP contribution in [0.25, 0.3) is 22.0 Å². The van der Waals surface area contributed by atoms with Crippen LogP contribution in [-0.2, 0) is 4.74 Å². The number of aryl methyl sites for hydroxylation is 1. The summed E-state index contributed by atoms with van der Waals surface area (Å²) < 4.78 is 18.6. The van der Waals surface area contributed by atoms with Crippen molar-refractivity contribution in [1.29, 1.82) is 0 Å². The molecule has 0 aliphatic heterocycles. The highest BCUT2D eigenvalue weighted by atomic mass is 19.1. The highest BCUT2D eigenvalue weighted by Crippen LogP contribution is 2.32. The van der Waals surface area contributed by atoms with E-state index in [1.807, 2.05) is 52.9 Å². The van der Waals surface area contributed by atoms with Crippen LogP contribution in [0.5, 0.6) is 0 Å². The number of ether oxygens (including phenoxy) is 1. The molecule has 0 aliphatic rings. The van der Waals surface area contributed by atoms with Crippen molar-refractivity contribution in [3.05, 3.63) is 54.0 Å². The van der Waals surface area contributed by atoms with Crippen molar-refractivity contribution in [2.45, 2.75) is 40.2 Å². The number of hydrogen-bond donors (Lipinski definition) is 2. The molecule has 0 atom stereocenters. The van der Waals surface area contributed by atoms with Gasteiger partial charge >= 0.3 is 6.09 Å². The molecule has 2 aromatic carbocycles. The number of aliphatic imine (C=N–C) groups is 1. The van der Waals surface area contributed by atoms with E-state index in [9.17, 15) is 9.18 Å². The lowest BCUT2D eigenvalue weighted by molar-refractivity contribution is 0.0536. The first-order valence-electron chi connectivity index (χ1n) is 9.51. The van der Waals surface area contributed by atoms with Gasteiger partial charge in [0.2, 0.25) is 0 Å². The number of aromatic nitrogens is 1. The van der Waals surface area contributed by atoms with Crippen molar-refractivity contribution < 1.29 is 13.9 Å². The Kier molecular flexibility index (Phi) is 5.73. The smallest absolute Gasteiger partial charge is 0.407 e. The molecule has 0 fully saturated rings. The zero-order valence-corrected chi connectivity index (χ0v) is 17.4. The Balaban J connectivity index is 1.75. The molecule has 3 aromatic rings. The predicted octanol–water partition coefficient (Wildman–Crippen LogP) is 5.90. The van der Waals surface area contributed by atoms with Gasteiger partial charge in [0.25, 0.3) is 0 Å². The van der Waals surface area contributed by atoms with E-state index in [-0.39, 0.29) is 5.82 Å². The van der Waals surface area contributed by atoms with Crippen LogP contribution < -0.4 is 5.32 Å². The summed E-state index contributed by atoms with van der Waals surface area (Å²) in [7, 11) is 0. The van der Waals surface area contributed by atoms with Gasteiger partial charge in [-0.25, -0.2) is 9.18 Å². The predicted molar refractivity (Wildman–Crippen MR) is 115 cm³/mol. The first kappa shape index (κ1) is 20.6. The third kappa shape index (κ3) is 5.22.